The van der Waals surface area contributed by atoms with Crippen molar-refractivity contribution in [3.8, 4) is 0 Å². The van der Waals surface area contributed by atoms with Crippen LogP contribution in [0.4, 0.5) is 0 Å². The van der Waals surface area contributed by atoms with E-state index in [0.717, 1.165) is 51.0 Å². The van der Waals surface area contributed by atoms with Crippen LogP contribution in [-0.2, 0) is 16.0 Å². The Balaban J connectivity index is 1.30. The van der Waals surface area contributed by atoms with Gasteiger partial charge in [-0.2, -0.15) is 11.3 Å². The molecule has 2 aliphatic heterocycles. The van der Waals surface area contributed by atoms with Gasteiger partial charge in [-0.1, -0.05) is 6.92 Å². The first-order valence-electron chi connectivity index (χ1n) is 10.4. The maximum atomic E-state index is 12.4. The van der Waals surface area contributed by atoms with Crippen molar-refractivity contribution in [2.75, 3.05) is 32.7 Å². The molecule has 0 aromatic carbocycles. The maximum Gasteiger partial charge on any atom is 0.227 e. The van der Waals surface area contributed by atoms with Gasteiger partial charge in [0.2, 0.25) is 11.8 Å². The van der Waals surface area contributed by atoms with Crippen LogP contribution >= 0.6 is 11.3 Å². The molecule has 3 rings (SSSR count). The number of piperidine rings is 1. The molecule has 27 heavy (non-hydrogen) atoms. The number of likely N-dealkylation sites (N-methyl/N-ethyl adjacent to an activating group) is 1. The Bertz CT molecular complexity index is 597. The summed E-state index contributed by atoms with van der Waals surface area (Å²) in [5, 5.41) is 7.21. The highest BCUT2D eigenvalue weighted by Crippen LogP contribution is 2.23. The second kappa shape index (κ2) is 10.2. The molecule has 5 nitrogen and oxygen atoms in total. The third-order valence-corrected chi connectivity index (χ3v) is 6.85. The Labute approximate surface area is 167 Å². The normalized spacial score (nSPS) is 21.5. The van der Waals surface area contributed by atoms with Gasteiger partial charge in [0.1, 0.15) is 0 Å². The van der Waals surface area contributed by atoms with Gasteiger partial charge < -0.3 is 10.2 Å². The SMILES string of the molecule is CCN1CCCC1CNC(=O)CCC1CCN(C(=O)Cc2ccsc2)CC1. The number of likely N-dealkylation sites (tertiary alicyclic amines) is 2. The van der Waals surface area contributed by atoms with Crippen LogP contribution in [0.5, 0.6) is 0 Å². The number of carbonyl (C=O) groups is 2. The largest absolute Gasteiger partial charge is 0.355 e. The maximum absolute atomic E-state index is 12.4. The summed E-state index contributed by atoms with van der Waals surface area (Å²) in [4.78, 5) is 29.0. The van der Waals surface area contributed by atoms with Gasteiger partial charge >= 0.3 is 0 Å². The van der Waals surface area contributed by atoms with Crippen LogP contribution in [0.25, 0.3) is 0 Å². The van der Waals surface area contributed by atoms with E-state index in [4.69, 9.17) is 0 Å². The standard InChI is InChI=1S/C21H33N3O2S/c1-2-23-10-3-4-19(23)15-22-20(25)6-5-17-7-11-24(12-8-17)21(26)14-18-9-13-27-16-18/h9,13,16-17,19H,2-8,10-12,14-15H2,1H3,(H,22,25). The van der Waals surface area contributed by atoms with Crippen LogP contribution in [0.2, 0.25) is 0 Å². The lowest BCUT2D eigenvalue weighted by atomic mass is 9.92. The average molecular weight is 392 g/mol. The molecule has 1 unspecified atom stereocenters. The first-order chi connectivity index (χ1) is 13.2. The van der Waals surface area contributed by atoms with Crippen LogP contribution in [0, 0.1) is 5.92 Å². The van der Waals surface area contributed by atoms with Crippen molar-refractivity contribution in [3.63, 3.8) is 0 Å². The lowest BCUT2D eigenvalue weighted by Crippen LogP contribution is -2.41. The van der Waals surface area contributed by atoms with Gasteiger partial charge in [-0.05, 0) is 73.5 Å². The van der Waals surface area contributed by atoms with Gasteiger partial charge in [0.15, 0.2) is 0 Å². The summed E-state index contributed by atoms with van der Waals surface area (Å²) < 4.78 is 0. The highest BCUT2D eigenvalue weighted by Gasteiger charge is 2.25. The third kappa shape index (κ3) is 6.04. The number of amides is 2. The predicted octanol–water partition coefficient (Wildman–Crippen LogP) is 2.91. The van der Waals surface area contributed by atoms with Gasteiger partial charge in [-0.15, -0.1) is 0 Å². The van der Waals surface area contributed by atoms with Crippen LogP contribution in [0.3, 0.4) is 0 Å². The number of nitrogens with one attached hydrogen (secondary N) is 1. The van der Waals surface area contributed by atoms with Gasteiger partial charge in [-0.25, -0.2) is 0 Å². The molecule has 0 radical (unpaired) electrons. The number of nitrogens with zero attached hydrogens (tertiary/aromatic N) is 2. The van der Waals surface area contributed by atoms with E-state index in [1.807, 2.05) is 16.3 Å². The molecule has 150 valence electrons. The fourth-order valence-electron chi connectivity index (χ4n) is 4.35. The predicted molar refractivity (Wildman–Crippen MR) is 110 cm³/mol. The molecule has 2 saturated heterocycles. The summed E-state index contributed by atoms with van der Waals surface area (Å²) in [6.45, 7) is 6.90. The van der Waals surface area contributed by atoms with Crippen LogP contribution in [-0.4, -0.2) is 60.4 Å². The van der Waals surface area contributed by atoms with E-state index in [0.29, 0.717) is 24.8 Å². The number of carbonyl (C=O) groups excluding carboxylic acids is 2. The van der Waals surface area contributed by atoms with Crippen molar-refractivity contribution in [2.24, 2.45) is 5.92 Å². The minimum absolute atomic E-state index is 0.189. The van der Waals surface area contributed by atoms with E-state index in [1.54, 1.807) is 11.3 Å². The van der Waals surface area contributed by atoms with E-state index >= 15 is 0 Å². The second-order valence-corrected chi connectivity index (χ2v) is 8.68. The van der Waals surface area contributed by atoms with E-state index in [9.17, 15) is 9.59 Å². The summed E-state index contributed by atoms with van der Waals surface area (Å²) in [5.41, 5.74) is 1.12. The summed E-state index contributed by atoms with van der Waals surface area (Å²) in [6, 6.07) is 2.55. The molecule has 1 aromatic heterocycles. The minimum Gasteiger partial charge on any atom is -0.355 e. The lowest BCUT2D eigenvalue weighted by Gasteiger charge is -2.32. The smallest absolute Gasteiger partial charge is 0.227 e. The zero-order valence-corrected chi connectivity index (χ0v) is 17.3. The Kier molecular flexibility index (Phi) is 7.70. The van der Waals surface area contributed by atoms with Gasteiger partial charge in [-0.3, -0.25) is 14.5 Å². The second-order valence-electron chi connectivity index (χ2n) is 7.90. The molecular formula is C21H33N3O2S. The molecule has 1 aromatic rings. The Morgan fingerprint density at radius 1 is 1.22 bits per heavy atom. The van der Waals surface area contributed by atoms with Crippen molar-refractivity contribution in [2.45, 2.75) is 57.9 Å². The van der Waals surface area contributed by atoms with Crippen LogP contribution < -0.4 is 5.32 Å². The molecule has 0 spiro atoms. The van der Waals surface area contributed by atoms with Crippen molar-refractivity contribution < 1.29 is 9.59 Å². The third-order valence-electron chi connectivity index (χ3n) is 6.12. The van der Waals surface area contributed by atoms with Crippen molar-refractivity contribution >= 4 is 23.2 Å². The lowest BCUT2D eigenvalue weighted by molar-refractivity contribution is -0.132. The van der Waals surface area contributed by atoms with Crippen LogP contribution in [0.1, 0.15) is 51.0 Å². The van der Waals surface area contributed by atoms with Gasteiger partial charge in [0.05, 0.1) is 6.42 Å². The van der Waals surface area contributed by atoms with E-state index < -0.39 is 0 Å². The zero-order chi connectivity index (χ0) is 19.1. The fourth-order valence-corrected chi connectivity index (χ4v) is 5.02. The molecule has 2 fully saturated rings. The topological polar surface area (TPSA) is 52.7 Å². The summed E-state index contributed by atoms with van der Waals surface area (Å²) in [6.07, 6.45) is 6.58. The Hall–Kier alpha value is -1.40. The highest BCUT2D eigenvalue weighted by molar-refractivity contribution is 7.08. The molecule has 1 atom stereocenters. The van der Waals surface area contributed by atoms with Crippen LogP contribution in [0.15, 0.2) is 16.8 Å². The van der Waals surface area contributed by atoms with E-state index in [-0.39, 0.29) is 11.8 Å². The molecule has 2 amide bonds. The van der Waals surface area contributed by atoms with Crippen molar-refractivity contribution in [1.29, 1.82) is 0 Å². The Morgan fingerprint density at radius 2 is 2.04 bits per heavy atom. The molecule has 0 saturated carbocycles. The number of thiophene rings is 1. The highest BCUT2D eigenvalue weighted by atomic mass is 32.1. The average Bonchev–Trinajstić information content (AvgIpc) is 3.36. The molecular weight excluding hydrogens is 358 g/mol. The summed E-state index contributed by atoms with van der Waals surface area (Å²) >= 11 is 1.64. The molecule has 6 heteroatoms. The van der Waals surface area contributed by atoms with Crippen molar-refractivity contribution in [3.05, 3.63) is 22.4 Å². The summed E-state index contributed by atoms with van der Waals surface area (Å²) in [7, 11) is 0. The first kappa shape index (κ1) is 20.3. The van der Waals surface area contributed by atoms with Crippen molar-refractivity contribution in [1.82, 2.24) is 15.1 Å². The van der Waals surface area contributed by atoms with E-state index in [1.165, 1.54) is 19.4 Å². The fraction of sp³-hybridized carbons (Fsp3) is 0.714. The quantitative estimate of drug-likeness (QED) is 0.741. The van der Waals surface area contributed by atoms with Gasteiger partial charge in [0.25, 0.3) is 0 Å². The monoisotopic (exact) mass is 391 g/mol. The first-order valence-corrected chi connectivity index (χ1v) is 11.4. The molecule has 0 aliphatic carbocycles. The number of rotatable bonds is 8. The molecule has 3 heterocycles. The number of hydrogen-bond donors (Lipinski definition) is 1. The minimum atomic E-state index is 0.189. The molecule has 1 N–H and O–H groups in total. The Morgan fingerprint density at radius 3 is 2.74 bits per heavy atom. The van der Waals surface area contributed by atoms with E-state index in [2.05, 4.69) is 22.5 Å². The number of hydrogen-bond acceptors (Lipinski definition) is 4. The molecule has 0 bridgehead atoms. The zero-order valence-electron chi connectivity index (χ0n) is 16.5. The summed E-state index contributed by atoms with van der Waals surface area (Å²) in [5.74, 6) is 0.995. The van der Waals surface area contributed by atoms with Gasteiger partial charge in [0, 0.05) is 32.1 Å². The molecule has 2 aliphatic rings.